The fourth-order valence-corrected chi connectivity index (χ4v) is 2.06. The Hall–Kier alpha value is -1.04. The summed E-state index contributed by atoms with van der Waals surface area (Å²) in [5.41, 5.74) is 0. The average molecular weight is 242 g/mol. The van der Waals surface area contributed by atoms with Crippen molar-refractivity contribution >= 4 is 17.7 Å². The minimum atomic E-state index is 0.0978. The number of H-pyrrole nitrogens is 1. The van der Waals surface area contributed by atoms with Gasteiger partial charge in [0.2, 0.25) is 5.91 Å². The molecule has 1 amide bonds. The molecule has 0 bridgehead atoms. The Balaban J connectivity index is 1.98. The number of nitrogens with one attached hydrogen (secondary N) is 2. The molecular weight excluding hydrogens is 224 g/mol. The summed E-state index contributed by atoms with van der Waals surface area (Å²) >= 11 is 1.69. The fourth-order valence-electron chi connectivity index (χ4n) is 1.13. The Labute approximate surface area is 99.8 Å². The quantitative estimate of drug-likeness (QED) is 0.667. The van der Waals surface area contributed by atoms with Gasteiger partial charge in [-0.1, -0.05) is 13.3 Å². The Bertz CT molecular complexity index is 289. The van der Waals surface area contributed by atoms with Gasteiger partial charge < -0.3 is 5.32 Å². The van der Waals surface area contributed by atoms with Crippen LogP contribution in [0.2, 0.25) is 0 Å². The van der Waals surface area contributed by atoms with Crippen LogP contribution in [0.15, 0.2) is 6.33 Å². The molecular formula is C10H18N4OS. The van der Waals surface area contributed by atoms with Crippen LogP contribution in [0.1, 0.15) is 25.6 Å². The van der Waals surface area contributed by atoms with Gasteiger partial charge in [-0.25, -0.2) is 4.98 Å². The predicted molar refractivity (Wildman–Crippen MR) is 65.3 cm³/mol. The van der Waals surface area contributed by atoms with Crippen LogP contribution in [0.5, 0.6) is 0 Å². The average Bonchev–Trinajstić information content (AvgIpc) is 2.77. The SMILES string of the molecule is CCCCSCC(=O)NCCc1ncn[nH]1. The highest BCUT2D eigenvalue weighted by molar-refractivity contribution is 7.99. The second-order valence-electron chi connectivity index (χ2n) is 3.44. The molecule has 2 N–H and O–H groups in total. The van der Waals surface area contributed by atoms with E-state index in [0.29, 0.717) is 18.7 Å². The first kappa shape index (κ1) is 13.0. The third-order valence-electron chi connectivity index (χ3n) is 2.02. The monoisotopic (exact) mass is 242 g/mol. The summed E-state index contributed by atoms with van der Waals surface area (Å²) < 4.78 is 0. The fraction of sp³-hybridized carbons (Fsp3) is 0.700. The van der Waals surface area contributed by atoms with Crippen LogP contribution in [0.4, 0.5) is 0 Å². The van der Waals surface area contributed by atoms with Crippen molar-refractivity contribution in [2.75, 3.05) is 18.1 Å². The van der Waals surface area contributed by atoms with E-state index in [0.717, 1.165) is 11.6 Å². The molecule has 0 aliphatic rings. The molecule has 5 nitrogen and oxygen atoms in total. The molecule has 16 heavy (non-hydrogen) atoms. The van der Waals surface area contributed by atoms with E-state index in [9.17, 15) is 4.79 Å². The molecule has 0 saturated heterocycles. The molecule has 0 saturated carbocycles. The van der Waals surface area contributed by atoms with E-state index in [1.807, 2.05) is 0 Å². The third kappa shape index (κ3) is 5.75. The molecule has 1 heterocycles. The standard InChI is InChI=1S/C10H18N4OS/c1-2-3-6-16-7-10(15)11-5-4-9-12-8-13-14-9/h8H,2-7H2,1H3,(H,11,15)(H,12,13,14). The molecule has 0 radical (unpaired) electrons. The predicted octanol–water partition coefficient (Wildman–Crippen LogP) is 0.997. The van der Waals surface area contributed by atoms with Crippen molar-refractivity contribution in [1.82, 2.24) is 20.5 Å². The normalized spacial score (nSPS) is 10.3. The van der Waals surface area contributed by atoms with Crippen molar-refractivity contribution in [3.8, 4) is 0 Å². The molecule has 0 fully saturated rings. The summed E-state index contributed by atoms with van der Waals surface area (Å²) in [5, 5.41) is 9.34. The van der Waals surface area contributed by atoms with Crippen LogP contribution < -0.4 is 5.32 Å². The van der Waals surface area contributed by atoms with Gasteiger partial charge in [0, 0.05) is 13.0 Å². The Morgan fingerprint density at radius 1 is 1.62 bits per heavy atom. The summed E-state index contributed by atoms with van der Waals surface area (Å²) in [6, 6.07) is 0. The molecule has 0 aromatic carbocycles. The summed E-state index contributed by atoms with van der Waals surface area (Å²) in [6.07, 6.45) is 4.53. The molecule has 1 rings (SSSR count). The lowest BCUT2D eigenvalue weighted by Gasteiger charge is -2.03. The lowest BCUT2D eigenvalue weighted by molar-refractivity contribution is -0.118. The summed E-state index contributed by atoms with van der Waals surface area (Å²) in [4.78, 5) is 15.3. The highest BCUT2D eigenvalue weighted by Gasteiger charge is 2.01. The molecule has 1 aromatic rings. The zero-order valence-electron chi connectivity index (χ0n) is 9.53. The number of thioether (sulfide) groups is 1. The number of amides is 1. The number of aromatic amines is 1. The lowest BCUT2D eigenvalue weighted by Crippen LogP contribution is -2.27. The highest BCUT2D eigenvalue weighted by atomic mass is 32.2. The van der Waals surface area contributed by atoms with E-state index in [4.69, 9.17) is 0 Å². The van der Waals surface area contributed by atoms with Gasteiger partial charge in [-0.2, -0.15) is 16.9 Å². The van der Waals surface area contributed by atoms with Gasteiger partial charge in [0.1, 0.15) is 12.2 Å². The molecule has 0 spiro atoms. The molecule has 0 aliphatic heterocycles. The first-order valence-electron chi connectivity index (χ1n) is 5.51. The molecule has 0 aliphatic carbocycles. The highest BCUT2D eigenvalue weighted by Crippen LogP contribution is 2.03. The van der Waals surface area contributed by atoms with Crippen molar-refractivity contribution in [1.29, 1.82) is 0 Å². The maximum atomic E-state index is 11.4. The molecule has 0 unspecified atom stereocenters. The van der Waals surface area contributed by atoms with Gasteiger partial charge in [-0.05, 0) is 12.2 Å². The number of carbonyl (C=O) groups excluding carboxylic acids is 1. The van der Waals surface area contributed by atoms with Crippen molar-refractivity contribution < 1.29 is 4.79 Å². The van der Waals surface area contributed by atoms with E-state index < -0.39 is 0 Å². The number of carbonyl (C=O) groups is 1. The maximum absolute atomic E-state index is 11.4. The van der Waals surface area contributed by atoms with Gasteiger partial charge in [0.15, 0.2) is 0 Å². The van der Waals surface area contributed by atoms with Crippen molar-refractivity contribution in [3.63, 3.8) is 0 Å². The van der Waals surface area contributed by atoms with E-state index in [2.05, 4.69) is 27.4 Å². The topological polar surface area (TPSA) is 70.7 Å². The Kier molecular flexibility index (Phi) is 6.64. The van der Waals surface area contributed by atoms with Gasteiger partial charge in [-0.3, -0.25) is 9.89 Å². The van der Waals surface area contributed by atoms with Crippen LogP contribution in [0, 0.1) is 0 Å². The summed E-state index contributed by atoms with van der Waals surface area (Å²) in [6.45, 7) is 2.76. The Morgan fingerprint density at radius 2 is 2.50 bits per heavy atom. The number of nitrogens with zero attached hydrogens (tertiary/aromatic N) is 2. The summed E-state index contributed by atoms with van der Waals surface area (Å²) in [7, 11) is 0. The zero-order chi connectivity index (χ0) is 11.6. The van der Waals surface area contributed by atoms with Crippen LogP contribution >= 0.6 is 11.8 Å². The molecule has 0 atom stereocenters. The molecule has 1 aromatic heterocycles. The number of hydrogen-bond donors (Lipinski definition) is 2. The molecule has 90 valence electrons. The Morgan fingerprint density at radius 3 is 3.19 bits per heavy atom. The number of unbranched alkanes of at least 4 members (excludes halogenated alkanes) is 1. The van der Waals surface area contributed by atoms with Crippen molar-refractivity contribution in [3.05, 3.63) is 12.2 Å². The first-order chi connectivity index (χ1) is 7.83. The lowest BCUT2D eigenvalue weighted by atomic mass is 10.4. The van der Waals surface area contributed by atoms with Gasteiger partial charge in [0.05, 0.1) is 5.75 Å². The van der Waals surface area contributed by atoms with Gasteiger partial charge >= 0.3 is 0 Å². The van der Waals surface area contributed by atoms with E-state index in [-0.39, 0.29) is 5.91 Å². The second-order valence-corrected chi connectivity index (χ2v) is 4.54. The van der Waals surface area contributed by atoms with Gasteiger partial charge in [0.25, 0.3) is 0 Å². The van der Waals surface area contributed by atoms with Crippen LogP contribution in [0.3, 0.4) is 0 Å². The van der Waals surface area contributed by atoms with Crippen LogP contribution in [-0.2, 0) is 11.2 Å². The summed E-state index contributed by atoms with van der Waals surface area (Å²) in [5.74, 6) is 2.52. The smallest absolute Gasteiger partial charge is 0.230 e. The number of aromatic nitrogens is 3. The van der Waals surface area contributed by atoms with Gasteiger partial charge in [-0.15, -0.1) is 0 Å². The van der Waals surface area contributed by atoms with Crippen molar-refractivity contribution in [2.24, 2.45) is 0 Å². The van der Waals surface area contributed by atoms with E-state index >= 15 is 0 Å². The maximum Gasteiger partial charge on any atom is 0.230 e. The van der Waals surface area contributed by atoms with Crippen LogP contribution in [0.25, 0.3) is 0 Å². The second kappa shape index (κ2) is 8.15. The van der Waals surface area contributed by atoms with E-state index in [1.165, 1.54) is 19.2 Å². The van der Waals surface area contributed by atoms with E-state index in [1.54, 1.807) is 11.8 Å². The number of hydrogen-bond acceptors (Lipinski definition) is 4. The molecule has 6 heteroatoms. The minimum Gasteiger partial charge on any atom is -0.355 e. The largest absolute Gasteiger partial charge is 0.355 e. The number of rotatable bonds is 8. The van der Waals surface area contributed by atoms with Crippen LogP contribution in [-0.4, -0.2) is 39.1 Å². The van der Waals surface area contributed by atoms with Crippen molar-refractivity contribution in [2.45, 2.75) is 26.2 Å². The minimum absolute atomic E-state index is 0.0978. The zero-order valence-corrected chi connectivity index (χ0v) is 10.3. The first-order valence-corrected chi connectivity index (χ1v) is 6.67. The third-order valence-corrected chi connectivity index (χ3v) is 3.07.